The normalized spacial score (nSPS) is 10.7. The molecule has 0 fully saturated rings. The first kappa shape index (κ1) is 27.8. The second-order valence-corrected chi connectivity index (χ2v) is 10.0. The van der Waals surface area contributed by atoms with Gasteiger partial charge in [-0.2, -0.15) is 0 Å². The topological polar surface area (TPSA) is 87.5 Å². The van der Waals surface area contributed by atoms with E-state index in [-0.39, 0.29) is 5.91 Å². The standard InChI is InChI=1S/C32H30N4O4S/c1-38-27-16-14-26(15-17-27)36-30(19-22-7-5-4-6-8-22)34-35-32(36)41-21-23-9-11-24(12-10-23)31(37)33-25-13-18-28(39-2)29(20-25)40-3/h4-18,20H,19,21H2,1-3H3,(H,33,37). The van der Waals surface area contributed by atoms with Crippen LogP contribution in [0.2, 0.25) is 0 Å². The average Bonchev–Trinajstić information content (AvgIpc) is 3.42. The molecular formula is C32H30N4O4S. The molecule has 0 aliphatic rings. The first-order valence-corrected chi connectivity index (χ1v) is 13.9. The van der Waals surface area contributed by atoms with Gasteiger partial charge < -0.3 is 19.5 Å². The molecule has 0 aliphatic carbocycles. The minimum atomic E-state index is -0.207. The van der Waals surface area contributed by atoms with Crippen molar-refractivity contribution in [2.75, 3.05) is 26.6 Å². The van der Waals surface area contributed by atoms with E-state index in [1.54, 1.807) is 51.3 Å². The van der Waals surface area contributed by atoms with Crippen molar-refractivity contribution >= 4 is 23.4 Å². The molecule has 0 spiro atoms. The highest BCUT2D eigenvalue weighted by Gasteiger charge is 2.16. The van der Waals surface area contributed by atoms with Gasteiger partial charge in [-0.3, -0.25) is 9.36 Å². The fourth-order valence-electron chi connectivity index (χ4n) is 4.29. The first-order valence-electron chi connectivity index (χ1n) is 13.0. The summed E-state index contributed by atoms with van der Waals surface area (Å²) in [5.41, 5.74) is 4.36. The lowest BCUT2D eigenvalue weighted by molar-refractivity contribution is 0.102. The van der Waals surface area contributed by atoms with Crippen LogP contribution >= 0.6 is 11.8 Å². The van der Waals surface area contributed by atoms with E-state index in [4.69, 9.17) is 14.2 Å². The molecule has 208 valence electrons. The van der Waals surface area contributed by atoms with Crippen molar-refractivity contribution in [1.29, 1.82) is 0 Å². The van der Waals surface area contributed by atoms with Gasteiger partial charge in [0.2, 0.25) is 0 Å². The van der Waals surface area contributed by atoms with Crippen molar-refractivity contribution in [2.24, 2.45) is 0 Å². The third-order valence-corrected chi connectivity index (χ3v) is 7.46. The first-order chi connectivity index (χ1) is 20.1. The highest BCUT2D eigenvalue weighted by molar-refractivity contribution is 7.98. The van der Waals surface area contributed by atoms with E-state index in [0.717, 1.165) is 33.5 Å². The number of hydrogen-bond donors (Lipinski definition) is 1. The van der Waals surface area contributed by atoms with Gasteiger partial charge in [0.15, 0.2) is 16.7 Å². The maximum Gasteiger partial charge on any atom is 0.255 e. The van der Waals surface area contributed by atoms with E-state index in [2.05, 4.69) is 32.2 Å². The number of thioether (sulfide) groups is 1. The molecule has 0 radical (unpaired) electrons. The van der Waals surface area contributed by atoms with Crippen molar-refractivity contribution in [3.63, 3.8) is 0 Å². The molecule has 8 nitrogen and oxygen atoms in total. The van der Waals surface area contributed by atoms with Gasteiger partial charge in [0.05, 0.1) is 21.3 Å². The predicted molar refractivity (Wildman–Crippen MR) is 161 cm³/mol. The quantitative estimate of drug-likeness (QED) is 0.184. The van der Waals surface area contributed by atoms with Crippen LogP contribution in [0.15, 0.2) is 102 Å². The van der Waals surface area contributed by atoms with Crippen LogP contribution in [0.1, 0.15) is 27.3 Å². The summed E-state index contributed by atoms with van der Waals surface area (Å²) < 4.78 is 18.0. The number of benzene rings is 4. The van der Waals surface area contributed by atoms with Crippen molar-refractivity contribution in [1.82, 2.24) is 14.8 Å². The van der Waals surface area contributed by atoms with Crippen LogP contribution in [-0.4, -0.2) is 42.0 Å². The summed E-state index contributed by atoms with van der Waals surface area (Å²) >= 11 is 1.59. The second-order valence-electron chi connectivity index (χ2n) is 9.10. The summed E-state index contributed by atoms with van der Waals surface area (Å²) in [7, 11) is 4.79. The number of aromatic nitrogens is 3. The average molecular weight is 567 g/mol. The van der Waals surface area contributed by atoms with Gasteiger partial charge in [0, 0.05) is 35.2 Å². The van der Waals surface area contributed by atoms with E-state index >= 15 is 0 Å². The Kier molecular flexibility index (Phi) is 8.85. The number of anilines is 1. The van der Waals surface area contributed by atoms with Crippen LogP contribution in [0.3, 0.4) is 0 Å². The Hall–Kier alpha value is -4.76. The largest absolute Gasteiger partial charge is 0.497 e. The maximum atomic E-state index is 12.8. The van der Waals surface area contributed by atoms with Crippen molar-refractivity contribution in [2.45, 2.75) is 17.3 Å². The molecule has 0 saturated heterocycles. The lowest BCUT2D eigenvalue weighted by atomic mass is 10.1. The number of rotatable bonds is 11. The molecule has 1 aromatic heterocycles. The second kappa shape index (κ2) is 13.1. The van der Waals surface area contributed by atoms with E-state index in [9.17, 15) is 4.79 Å². The van der Waals surface area contributed by atoms with E-state index in [1.807, 2.05) is 66.7 Å². The molecule has 1 N–H and O–H groups in total. The highest BCUT2D eigenvalue weighted by Crippen LogP contribution is 2.30. The molecule has 1 amide bonds. The predicted octanol–water partition coefficient (Wildman–Crippen LogP) is 6.43. The fourth-order valence-corrected chi connectivity index (χ4v) is 5.22. The highest BCUT2D eigenvalue weighted by atomic mass is 32.2. The SMILES string of the molecule is COc1ccc(-n2c(Cc3ccccc3)nnc2SCc2ccc(C(=O)Nc3ccc(OC)c(OC)c3)cc2)cc1. The summed E-state index contributed by atoms with van der Waals surface area (Å²) in [5, 5.41) is 12.8. The van der Waals surface area contributed by atoms with Crippen molar-refractivity contribution < 1.29 is 19.0 Å². The van der Waals surface area contributed by atoms with Crippen LogP contribution in [0.25, 0.3) is 5.69 Å². The minimum Gasteiger partial charge on any atom is -0.497 e. The number of hydrogen-bond acceptors (Lipinski definition) is 7. The third-order valence-electron chi connectivity index (χ3n) is 6.46. The van der Waals surface area contributed by atoms with Gasteiger partial charge in [0.25, 0.3) is 5.91 Å². The van der Waals surface area contributed by atoms with Gasteiger partial charge in [-0.15, -0.1) is 10.2 Å². The monoisotopic (exact) mass is 566 g/mol. The lowest BCUT2D eigenvalue weighted by Crippen LogP contribution is -2.12. The van der Waals surface area contributed by atoms with E-state index in [0.29, 0.717) is 34.9 Å². The Morgan fingerprint density at radius 2 is 1.51 bits per heavy atom. The minimum absolute atomic E-state index is 0.207. The summed E-state index contributed by atoms with van der Waals surface area (Å²) in [4.78, 5) is 12.8. The van der Waals surface area contributed by atoms with Gasteiger partial charge in [-0.25, -0.2) is 0 Å². The number of methoxy groups -OCH3 is 3. The number of ether oxygens (including phenoxy) is 3. The Morgan fingerprint density at radius 3 is 2.20 bits per heavy atom. The molecule has 4 aromatic carbocycles. The fraction of sp³-hybridized carbons (Fsp3) is 0.156. The van der Waals surface area contributed by atoms with Crippen molar-refractivity contribution in [3.8, 4) is 22.9 Å². The molecule has 0 unspecified atom stereocenters. The van der Waals surface area contributed by atoms with Crippen LogP contribution in [0, 0.1) is 0 Å². The van der Waals surface area contributed by atoms with Gasteiger partial charge in [-0.1, -0.05) is 54.2 Å². The zero-order valence-corrected chi connectivity index (χ0v) is 23.9. The van der Waals surface area contributed by atoms with Crippen LogP contribution in [0.5, 0.6) is 17.2 Å². The van der Waals surface area contributed by atoms with Crippen molar-refractivity contribution in [3.05, 3.63) is 120 Å². The third kappa shape index (κ3) is 6.70. The summed E-state index contributed by atoms with van der Waals surface area (Å²) in [6.45, 7) is 0. The molecule has 5 aromatic rings. The number of amides is 1. The zero-order valence-electron chi connectivity index (χ0n) is 23.0. The van der Waals surface area contributed by atoms with E-state index in [1.165, 1.54) is 0 Å². The lowest BCUT2D eigenvalue weighted by Gasteiger charge is -2.12. The molecule has 1 heterocycles. The number of nitrogens with zero attached hydrogens (tertiary/aromatic N) is 3. The molecular weight excluding hydrogens is 536 g/mol. The van der Waals surface area contributed by atoms with Gasteiger partial charge >= 0.3 is 0 Å². The number of carbonyl (C=O) groups is 1. The molecule has 9 heteroatoms. The Balaban J connectivity index is 1.30. The maximum absolute atomic E-state index is 12.8. The Morgan fingerprint density at radius 1 is 0.780 bits per heavy atom. The van der Waals surface area contributed by atoms with Crippen LogP contribution in [-0.2, 0) is 12.2 Å². The molecule has 0 atom stereocenters. The van der Waals surface area contributed by atoms with E-state index < -0.39 is 0 Å². The number of nitrogens with one attached hydrogen (secondary N) is 1. The summed E-state index contributed by atoms with van der Waals surface area (Å²) in [6, 6.07) is 30.9. The number of carbonyl (C=O) groups excluding carboxylic acids is 1. The molecule has 0 saturated carbocycles. The summed E-state index contributed by atoms with van der Waals surface area (Å²) in [6.07, 6.45) is 0.657. The van der Waals surface area contributed by atoms with Crippen LogP contribution < -0.4 is 19.5 Å². The molecule has 0 aliphatic heterocycles. The molecule has 0 bridgehead atoms. The van der Waals surface area contributed by atoms with Gasteiger partial charge in [-0.05, 0) is 59.7 Å². The smallest absolute Gasteiger partial charge is 0.255 e. The molecule has 5 rings (SSSR count). The Bertz CT molecular complexity index is 1600. The van der Waals surface area contributed by atoms with Gasteiger partial charge in [0.1, 0.15) is 11.6 Å². The molecule has 41 heavy (non-hydrogen) atoms. The Labute approximate surface area is 243 Å². The van der Waals surface area contributed by atoms with Crippen LogP contribution in [0.4, 0.5) is 5.69 Å². The zero-order chi connectivity index (χ0) is 28.6. The summed E-state index contributed by atoms with van der Waals surface area (Å²) in [5.74, 6) is 3.25.